The number of carbonyl (C=O) groups excluding carboxylic acids is 1. The molecule has 1 aromatic heterocycles. The standard InChI is InChI=1S/C14H13ClN2O3/c1-19-9-5-6-12(20-2)11(8-9)17-14(18)10-4-3-7-16-13(10)15/h3-8H,1-2H3,(H,17,18). The highest BCUT2D eigenvalue weighted by Gasteiger charge is 2.14. The van der Waals surface area contributed by atoms with Crippen molar-refractivity contribution in [2.45, 2.75) is 0 Å². The molecule has 1 aromatic carbocycles. The van der Waals surface area contributed by atoms with Crippen molar-refractivity contribution in [1.82, 2.24) is 4.98 Å². The molecule has 5 nitrogen and oxygen atoms in total. The Hall–Kier alpha value is -2.27. The van der Waals surface area contributed by atoms with E-state index in [0.717, 1.165) is 0 Å². The molecule has 0 aliphatic rings. The Bertz CT molecular complexity index is 632. The van der Waals surface area contributed by atoms with Crippen LogP contribution in [0, 0.1) is 0 Å². The number of nitrogens with zero attached hydrogens (tertiary/aromatic N) is 1. The van der Waals surface area contributed by atoms with E-state index in [-0.39, 0.29) is 11.1 Å². The summed E-state index contributed by atoms with van der Waals surface area (Å²) < 4.78 is 10.3. The van der Waals surface area contributed by atoms with Crippen LogP contribution in [0.1, 0.15) is 10.4 Å². The lowest BCUT2D eigenvalue weighted by molar-refractivity contribution is 0.102. The molecule has 2 rings (SSSR count). The van der Waals surface area contributed by atoms with Gasteiger partial charge < -0.3 is 14.8 Å². The molecule has 1 N–H and O–H groups in total. The van der Waals surface area contributed by atoms with Gasteiger partial charge in [0.15, 0.2) is 0 Å². The number of pyridine rings is 1. The molecule has 0 aliphatic heterocycles. The molecule has 0 atom stereocenters. The first-order valence-electron chi connectivity index (χ1n) is 5.79. The summed E-state index contributed by atoms with van der Waals surface area (Å²) in [5.41, 5.74) is 0.788. The van der Waals surface area contributed by atoms with Crippen molar-refractivity contribution < 1.29 is 14.3 Å². The quantitative estimate of drug-likeness (QED) is 0.880. The fourth-order valence-corrected chi connectivity index (χ4v) is 1.86. The number of carbonyl (C=O) groups is 1. The molecular weight excluding hydrogens is 280 g/mol. The van der Waals surface area contributed by atoms with Gasteiger partial charge in [-0.05, 0) is 24.3 Å². The zero-order valence-corrected chi connectivity index (χ0v) is 11.8. The summed E-state index contributed by atoms with van der Waals surface area (Å²) in [6.07, 6.45) is 1.52. The predicted molar refractivity (Wildman–Crippen MR) is 76.7 cm³/mol. The Balaban J connectivity index is 2.29. The van der Waals surface area contributed by atoms with Gasteiger partial charge in [-0.1, -0.05) is 11.6 Å². The Morgan fingerprint density at radius 2 is 2.05 bits per heavy atom. The van der Waals surface area contributed by atoms with Gasteiger partial charge in [0.1, 0.15) is 16.7 Å². The highest BCUT2D eigenvalue weighted by atomic mass is 35.5. The number of aromatic nitrogens is 1. The Kier molecular flexibility index (Phi) is 4.42. The van der Waals surface area contributed by atoms with Crippen molar-refractivity contribution in [3.63, 3.8) is 0 Å². The molecule has 2 aromatic rings. The smallest absolute Gasteiger partial charge is 0.258 e. The molecule has 0 aliphatic carbocycles. The van der Waals surface area contributed by atoms with Crippen LogP contribution < -0.4 is 14.8 Å². The minimum Gasteiger partial charge on any atom is -0.497 e. The van der Waals surface area contributed by atoms with Crippen LogP contribution in [0.2, 0.25) is 5.15 Å². The SMILES string of the molecule is COc1ccc(OC)c(NC(=O)c2cccnc2Cl)c1. The lowest BCUT2D eigenvalue weighted by Crippen LogP contribution is -2.13. The van der Waals surface area contributed by atoms with E-state index in [1.807, 2.05) is 0 Å². The van der Waals surface area contributed by atoms with Crippen LogP contribution in [-0.4, -0.2) is 25.1 Å². The van der Waals surface area contributed by atoms with Gasteiger partial charge >= 0.3 is 0 Å². The Morgan fingerprint density at radius 3 is 2.70 bits per heavy atom. The third-order valence-corrected chi connectivity index (χ3v) is 2.96. The van der Waals surface area contributed by atoms with E-state index in [0.29, 0.717) is 22.7 Å². The topological polar surface area (TPSA) is 60.5 Å². The van der Waals surface area contributed by atoms with Crippen LogP contribution in [0.5, 0.6) is 11.5 Å². The van der Waals surface area contributed by atoms with E-state index in [1.165, 1.54) is 13.3 Å². The zero-order valence-electron chi connectivity index (χ0n) is 11.0. The maximum atomic E-state index is 12.2. The fraction of sp³-hybridized carbons (Fsp3) is 0.143. The average Bonchev–Trinajstić information content (AvgIpc) is 2.47. The first-order chi connectivity index (χ1) is 9.65. The third kappa shape index (κ3) is 3.00. The third-order valence-electron chi connectivity index (χ3n) is 2.66. The number of amides is 1. The van der Waals surface area contributed by atoms with Gasteiger partial charge in [0, 0.05) is 12.3 Å². The monoisotopic (exact) mass is 292 g/mol. The van der Waals surface area contributed by atoms with E-state index in [9.17, 15) is 4.79 Å². The average molecular weight is 293 g/mol. The molecule has 0 unspecified atom stereocenters. The molecule has 0 radical (unpaired) electrons. The molecule has 0 saturated heterocycles. The number of rotatable bonds is 4. The van der Waals surface area contributed by atoms with Crippen LogP contribution in [0.3, 0.4) is 0 Å². The van der Waals surface area contributed by atoms with Crippen molar-refractivity contribution in [3.05, 3.63) is 47.2 Å². The molecule has 0 spiro atoms. The summed E-state index contributed by atoms with van der Waals surface area (Å²) in [5.74, 6) is 0.771. The van der Waals surface area contributed by atoms with Gasteiger partial charge in [-0.25, -0.2) is 4.98 Å². The molecule has 20 heavy (non-hydrogen) atoms. The molecule has 0 saturated carbocycles. The summed E-state index contributed by atoms with van der Waals surface area (Å²) in [7, 11) is 3.07. The molecule has 104 valence electrons. The summed E-state index contributed by atoms with van der Waals surface area (Å²) in [4.78, 5) is 16.0. The second-order valence-corrected chi connectivity index (χ2v) is 4.22. The number of hydrogen-bond acceptors (Lipinski definition) is 4. The number of anilines is 1. The summed E-state index contributed by atoms with van der Waals surface area (Å²) in [6.45, 7) is 0. The van der Waals surface area contributed by atoms with Gasteiger partial charge in [0.2, 0.25) is 0 Å². The van der Waals surface area contributed by atoms with Crippen molar-refractivity contribution in [2.75, 3.05) is 19.5 Å². The van der Waals surface area contributed by atoms with Crippen molar-refractivity contribution in [1.29, 1.82) is 0 Å². The largest absolute Gasteiger partial charge is 0.497 e. The second kappa shape index (κ2) is 6.25. The first kappa shape index (κ1) is 14.1. The number of ether oxygens (including phenoxy) is 2. The van der Waals surface area contributed by atoms with Gasteiger partial charge in [0.05, 0.1) is 25.5 Å². The number of hydrogen-bond donors (Lipinski definition) is 1. The van der Waals surface area contributed by atoms with Crippen LogP contribution in [0.25, 0.3) is 0 Å². The van der Waals surface area contributed by atoms with E-state index >= 15 is 0 Å². The van der Waals surface area contributed by atoms with Gasteiger partial charge in [-0.15, -0.1) is 0 Å². The summed E-state index contributed by atoms with van der Waals surface area (Å²) in [5, 5.41) is 2.87. The minimum absolute atomic E-state index is 0.145. The lowest BCUT2D eigenvalue weighted by Gasteiger charge is -2.12. The molecule has 1 amide bonds. The fourth-order valence-electron chi connectivity index (χ4n) is 1.66. The second-order valence-electron chi connectivity index (χ2n) is 3.86. The lowest BCUT2D eigenvalue weighted by atomic mass is 10.2. The van der Waals surface area contributed by atoms with Crippen LogP contribution >= 0.6 is 11.6 Å². The minimum atomic E-state index is -0.366. The highest BCUT2D eigenvalue weighted by Crippen LogP contribution is 2.29. The van der Waals surface area contributed by atoms with Gasteiger partial charge in [0.25, 0.3) is 5.91 Å². The summed E-state index contributed by atoms with van der Waals surface area (Å²) >= 11 is 5.89. The Morgan fingerprint density at radius 1 is 1.25 bits per heavy atom. The number of halogens is 1. The molecule has 1 heterocycles. The summed E-state index contributed by atoms with van der Waals surface area (Å²) in [6, 6.07) is 8.35. The van der Waals surface area contributed by atoms with Crippen LogP contribution in [0.15, 0.2) is 36.5 Å². The Labute approximate surface area is 121 Å². The van der Waals surface area contributed by atoms with Gasteiger partial charge in [-0.2, -0.15) is 0 Å². The number of methoxy groups -OCH3 is 2. The number of nitrogens with one attached hydrogen (secondary N) is 1. The number of benzene rings is 1. The maximum absolute atomic E-state index is 12.2. The molecule has 6 heteroatoms. The predicted octanol–water partition coefficient (Wildman–Crippen LogP) is 3.00. The van der Waals surface area contributed by atoms with Crippen molar-refractivity contribution in [2.24, 2.45) is 0 Å². The van der Waals surface area contributed by atoms with E-state index < -0.39 is 0 Å². The van der Waals surface area contributed by atoms with Crippen LogP contribution in [0.4, 0.5) is 5.69 Å². The van der Waals surface area contributed by atoms with Crippen LogP contribution in [-0.2, 0) is 0 Å². The molecule has 0 bridgehead atoms. The van der Waals surface area contributed by atoms with E-state index in [1.54, 1.807) is 37.4 Å². The molecule has 0 fully saturated rings. The highest BCUT2D eigenvalue weighted by molar-refractivity contribution is 6.33. The van der Waals surface area contributed by atoms with E-state index in [2.05, 4.69) is 10.3 Å². The van der Waals surface area contributed by atoms with Crippen molar-refractivity contribution >= 4 is 23.2 Å². The van der Waals surface area contributed by atoms with Gasteiger partial charge in [-0.3, -0.25) is 4.79 Å². The zero-order chi connectivity index (χ0) is 14.5. The normalized spacial score (nSPS) is 9.95. The van der Waals surface area contributed by atoms with Crippen molar-refractivity contribution in [3.8, 4) is 11.5 Å². The first-order valence-corrected chi connectivity index (χ1v) is 6.17. The maximum Gasteiger partial charge on any atom is 0.258 e. The molecular formula is C14H13ClN2O3. The van der Waals surface area contributed by atoms with E-state index in [4.69, 9.17) is 21.1 Å².